The summed E-state index contributed by atoms with van der Waals surface area (Å²) in [7, 11) is 2.12. The second-order valence-electron chi connectivity index (χ2n) is 6.87. The molecule has 4 heteroatoms. The summed E-state index contributed by atoms with van der Waals surface area (Å²) < 4.78 is 2.27. The molecule has 0 spiro atoms. The number of fused-ring (bicyclic) bond motifs is 3. The molecule has 2 amide bonds. The Kier molecular flexibility index (Phi) is 3.75. The SMILES string of the molecule is Cc1cccc(C)c1NC(=O)N1CCc2c(c3ccccc3n2C)C1. The lowest BCUT2D eigenvalue weighted by atomic mass is 10.0. The molecule has 0 radical (unpaired) electrons. The van der Waals surface area contributed by atoms with E-state index < -0.39 is 0 Å². The number of hydrogen-bond acceptors (Lipinski definition) is 1. The summed E-state index contributed by atoms with van der Waals surface area (Å²) in [6.07, 6.45) is 0.890. The van der Waals surface area contributed by atoms with Gasteiger partial charge >= 0.3 is 6.03 Å². The summed E-state index contributed by atoms with van der Waals surface area (Å²) in [4.78, 5) is 14.7. The van der Waals surface area contributed by atoms with E-state index in [1.807, 2.05) is 36.9 Å². The fraction of sp³-hybridized carbons (Fsp3) is 0.286. The van der Waals surface area contributed by atoms with E-state index in [4.69, 9.17) is 0 Å². The molecule has 4 nitrogen and oxygen atoms in total. The van der Waals surface area contributed by atoms with E-state index in [1.54, 1.807) is 0 Å². The Balaban J connectivity index is 1.62. The van der Waals surface area contributed by atoms with Gasteiger partial charge in [-0.3, -0.25) is 0 Å². The van der Waals surface area contributed by atoms with Crippen LogP contribution in [0.4, 0.5) is 10.5 Å². The van der Waals surface area contributed by atoms with Crippen LogP contribution in [-0.2, 0) is 20.0 Å². The van der Waals surface area contributed by atoms with Gasteiger partial charge < -0.3 is 14.8 Å². The van der Waals surface area contributed by atoms with E-state index in [2.05, 4.69) is 41.2 Å². The van der Waals surface area contributed by atoms with Gasteiger partial charge in [-0.1, -0.05) is 36.4 Å². The van der Waals surface area contributed by atoms with Crippen LogP contribution < -0.4 is 5.32 Å². The fourth-order valence-corrected chi connectivity index (χ4v) is 3.90. The predicted molar refractivity (Wildman–Crippen MR) is 102 cm³/mol. The maximum atomic E-state index is 12.8. The van der Waals surface area contributed by atoms with Gasteiger partial charge in [-0.05, 0) is 31.0 Å². The number of nitrogens with one attached hydrogen (secondary N) is 1. The number of aromatic nitrogens is 1. The molecular weight excluding hydrogens is 310 g/mol. The number of carbonyl (C=O) groups excluding carboxylic acids is 1. The number of benzene rings is 2. The Morgan fingerprint density at radius 1 is 1.04 bits per heavy atom. The van der Waals surface area contributed by atoms with Crippen LogP contribution in [0.25, 0.3) is 10.9 Å². The molecule has 1 N–H and O–H groups in total. The van der Waals surface area contributed by atoms with Crippen LogP contribution in [0.1, 0.15) is 22.4 Å². The van der Waals surface area contributed by atoms with E-state index in [-0.39, 0.29) is 6.03 Å². The van der Waals surface area contributed by atoms with Gasteiger partial charge in [0.2, 0.25) is 0 Å². The number of urea groups is 1. The van der Waals surface area contributed by atoms with Crippen molar-refractivity contribution in [2.45, 2.75) is 26.8 Å². The highest BCUT2D eigenvalue weighted by atomic mass is 16.2. The molecule has 25 heavy (non-hydrogen) atoms. The first-order valence-electron chi connectivity index (χ1n) is 8.73. The quantitative estimate of drug-likeness (QED) is 0.705. The molecule has 0 saturated heterocycles. The average Bonchev–Trinajstić information content (AvgIpc) is 2.91. The first-order chi connectivity index (χ1) is 12.1. The molecular formula is C21H23N3O. The van der Waals surface area contributed by atoms with Crippen molar-refractivity contribution in [2.75, 3.05) is 11.9 Å². The van der Waals surface area contributed by atoms with Crippen LogP contribution >= 0.6 is 0 Å². The summed E-state index contributed by atoms with van der Waals surface area (Å²) in [5, 5.41) is 4.37. The van der Waals surface area contributed by atoms with Gasteiger partial charge in [0.15, 0.2) is 0 Å². The zero-order valence-corrected chi connectivity index (χ0v) is 15.0. The second-order valence-corrected chi connectivity index (χ2v) is 6.87. The number of aryl methyl sites for hydroxylation is 3. The van der Waals surface area contributed by atoms with E-state index in [9.17, 15) is 4.79 Å². The molecule has 4 rings (SSSR count). The molecule has 0 saturated carbocycles. The van der Waals surface area contributed by atoms with Crippen LogP contribution in [0.15, 0.2) is 42.5 Å². The van der Waals surface area contributed by atoms with Crippen LogP contribution in [-0.4, -0.2) is 22.0 Å². The lowest BCUT2D eigenvalue weighted by molar-refractivity contribution is 0.206. The van der Waals surface area contributed by atoms with Crippen molar-refractivity contribution in [3.05, 3.63) is 64.8 Å². The molecule has 1 aliphatic rings. The first-order valence-corrected chi connectivity index (χ1v) is 8.73. The van der Waals surface area contributed by atoms with Crippen molar-refractivity contribution in [2.24, 2.45) is 7.05 Å². The summed E-state index contributed by atoms with van der Waals surface area (Å²) in [5.74, 6) is 0. The van der Waals surface area contributed by atoms with Gasteiger partial charge in [0.05, 0.1) is 0 Å². The molecule has 0 fully saturated rings. The van der Waals surface area contributed by atoms with E-state index >= 15 is 0 Å². The molecule has 1 aliphatic heterocycles. The Morgan fingerprint density at radius 2 is 1.76 bits per heavy atom. The average molecular weight is 333 g/mol. The van der Waals surface area contributed by atoms with Gasteiger partial charge in [-0.25, -0.2) is 4.79 Å². The Labute approximate surface area is 148 Å². The third-order valence-electron chi connectivity index (χ3n) is 5.31. The zero-order valence-electron chi connectivity index (χ0n) is 15.0. The Bertz CT molecular complexity index is 950. The maximum Gasteiger partial charge on any atom is 0.322 e. The molecule has 0 atom stereocenters. The van der Waals surface area contributed by atoms with Crippen LogP contribution in [0.5, 0.6) is 0 Å². The number of nitrogens with zero attached hydrogens (tertiary/aromatic N) is 2. The van der Waals surface area contributed by atoms with E-state index in [0.717, 1.165) is 29.8 Å². The Morgan fingerprint density at radius 3 is 2.52 bits per heavy atom. The minimum absolute atomic E-state index is 0.0176. The zero-order chi connectivity index (χ0) is 17.6. The predicted octanol–water partition coefficient (Wildman–Crippen LogP) is 4.39. The highest BCUT2D eigenvalue weighted by molar-refractivity contribution is 5.92. The van der Waals surface area contributed by atoms with E-state index in [0.29, 0.717) is 6.54 Å². The van der Waals surface area contributed by atoms with Crippen LogP contribution in [0.2, 0.25) is 0 Å². The molecule has 128 valence electrons. The fourth-order valence-electron chi connectivity index (χ4n) is 3.90. The highest BCUT2D eigenvalue weighted by Gasteiger charge is 2.25. The number of para-hydroxylation sites is 2. The van der Waals surface area contributed by atoms with Crippen molar-refractivity contribution < 1.29 is 4.79 Å². The lowest BCUT2D eigenvalue weighted by Crippen LogP contribution is -2.39. The largest absolute Gasteiger partial charge is 0.347 e. The van der Waals surface area contributed by atoms with Gasteiger partial charge in [-0.2, -0.15) is 0 Å². The van der Waals surface area contributed by atoms with Crippen LogP contribution in [0, 0.1) is 13.8 Å². The number of amides is 2. The Hall–Kier alpha value is -2.75. The third-order valence-corrected chi connectivity index (χ3v) is 5.31. The number of carbonyl (C=O) groups is 1. The topological polar surface area (TPSA) is 37.3 Å². The van der Waals surface area contributed by atoms with Crippen molar-refractivity contribution in [1.82, 2.24) is 9.47 Å². The minimum Gasteiger partial charge on any atom is -0.347 e. The highest BCUT2D eigenvalue weighted by Crippen LogP contribution is 2.30. The van der Waals surface area contributed by atoms with Crippen molar-refractivity contribution in [1.29, 1.82) is 0 Å². The second kappa shape index (κ2) is 5.96. The summed E-state index contributed by atoms with van der Waals surface area (Å²) >= 11 is 0. The lowest BCUT2D eigenvalue weighted by Gasteiger charge is -2.28. The van der Waals surface area contributed by atoms with Crippen molar-refractivity contribution in [3.63, 3.8) is 0 Å². The normalized spacial score (nSPS) is 13.8. The van der Waals surface area contributed by atoms with Crippen molar-refractivity contribution >= 4 is 22.6 Å². The monoisotopic (exact) mass is 333 g/mol. The number of anilines is 1. The number of hydrogen-bond donors (Lipinski definition) is 1. The summed E-state index contributed by atoms with van der Waals surface area (Å²) in [6.45, 7) is 5.46. The minimum atomic E-state index is -0.0176. The van der Waals surface area contributed by atoms with Crippen LogP contribution in [0.3, 0.4) is 0 Å². The molecule has 2 heterocycles. The van der Waals surface area contributed by atoms with E-state index in [1.165, 1.54) is 22.2 Å². The molecule has 0 aliphatic carbocycles. The molecule has 0 bridgehead atoms. The maximum absolute atomic E-state index is 12.8. The van der Waals surface area contributed by atoms with Gasteiger partial charge in [-0.15, -0.1) is 0 Å². The number of rotatable bonds is 1. The molecule has 3 aromatic rings. The standard InChI is InChI=1S/C21H23N3O/c1-14-7-6-8-15(2)20(14)22-21(25)24-12-11-19-17(13-24)16-9-4-5-10-18(16)23(19)3/h4-10H,11-13H2,1-3H3,(H,22,25). The van der Waals surface area contributed by atoms with Gasteiger partial charge in [0.25, 0.3) is 0 Å². The third kappa shape index (κ3) is 2.58. The van der Waals surface area contributed by atoms with Gasteiger partial charge in [0.1, 0.15) is 0 Å². The summed E-state index contributed by atoms with van der Waals surface area (Å²) in [6, 6.07) is 14.5. The van der Waals surface area contributed by atoms with Crippen molar-refractivity contribution in [3.8, 4) is 0 Å². The van der Waals surface area contributed by atoms with Gasteiger partial charge in [0, 0.05) is 54.4 Å². The molecule has 1 aromatic heterocycles. The summed E-state index contributed by atoms with van der Waals surface area (Å²) in [5.41, 5.74) is 6.98. The molecule has 0 unspecified atom stereocenters. The molecule has 2 aromatic carbocycles. The first kappa shape index (κ1) is 15.8. The smallest absolute Gasteiger partial charge is 0.322 e.